The number of fused-ring (bicyclic) bond motifs is 1. The van der Waals surface area contributed by atoms with Gasteiger partial charge in [0.05, 0.1) is 11.9 Å². The summed E-state index contributed by atoms with van der Waals surface area (Å²) in [5, 5.41) is 3.64. The standard InChI is InChI=1S/C10H10F4N4/c1-4(2)8-6(10(12,13)14)7(11)5-3-16-9(15)17-18(5)8/h3-4H,1-2H3,(H2,15,17). The van der Waals surface area contributed by atoms with Crippen LogP contribution in [0.25, 0.3) is 5.52 Å². The van der Waals surface area contributed by atoms with Gasteiger partial charge in [-0.15, -0.1) is 5.10 Å². The molecular formula is C10H10F4N4. The molecule has 0 radical (unpaired) electrons. The average Bonchev–Trinajstić information content (AvgIpc) is 2.50. The molecule has 2 N–H and O–H groups in total. The van der Waals surface area contributed by atoms with Crippen molar-refractivity contribution in [1.82, 2.24) is 14.6 Å². The first kappa shape index (κ1) is 12.6. The van der Waals surface area contributed by atoms with Crippen molar-refractivity contribution in [2.45, 2.75) is 25.9 Å². The minimum absolute atomic E-state index is 0.215. The van der Waals surface area contributed by atoms with Crippen molar-refractivity contribution in [3.63, 3.8) is 0 Å². The zero-order chi connectivity index (χ0) is 13.7. The highest BCUT2D eigenvalue weighted by Crippen LogP contribution is 2.39. The van der Waals surface area contributed by atoms with E-state index in [2.05, 4.69) is 10.1 Å². The molecule has 0 amide bonds. The molecule has 0 fully saturated rings. The summed E-state index contributed by atoms with van der Waals surface area (Å²) < 4.78 is 53.3. The first-order chi connectivity index (χ1) is 8.23. The SMILES string of the molecule is CC(C)c1c(C(F)(F)F)c(F)c2cnc(N)nn12. The number of halogens is 4. The Balaban J connectivity index is 2.93. The van der Waals surface area contributed by atoms with Crippen LogP contribution in [0.3, 0.4) is 0 Å². The lowest BCUT2D eigenvalue weighted by molar-refractivity contribution is -0.140. The van der Waals surface area contributed by atoms with E-state index in [1.54, 1.807) is 0 Å². The second-order valence-electron chi connectivity index (χ2n) is 4.14. The molecule has 2 aromatic heterocycles. The van der Waals surface area contributed by atoms with E-state index in [0.717, 1.165) is 10.7 Å². The van der Waals surface area contributed by atoms with Crippen LogP contribution in [0.15, 0.2) is 6.20 Å². The molecule has 0 aliphatic rings. The Morgan fingerprint density at radius 1 is 1.33 bits per heavy atom. The minimum Gasteiger partial charge on any atom is -0.367 e. The lowest BCUT2D eigenvalue weighted by Crippen LogP contribution is -2.12. The van der Waals surface area contributed by atoms with Gasteiger partial charge in [0.25, 0.3) is 0 Å². The van der Waals surface area contributed by atoms with E-state index < -0.39 is 23.5 Å². The maximum Gasteiger partial charge on any atom is 0.421 e. The molecule has 0 aliphatic carbocycles. The Hall–Kier alpha value is -1.86. The van der Waals surface area contributed by atoms with Crippen molar-refractivity contribution < 1.29 is 17.6 Å². The molecule has 4 nitrogen and oxygen atoms in total. The molecule has 98 valence electrons. The van der Waals surface area contributed by atoms with Crippen LogP contribution in [-0.4, -0.2) is 14.6 Å². The van der Waals surface area contributed by atoms with E-state index in [4.69, 9.17) is 5.73 Å². The number of hydrogen-bond acceptors (Lipinski definition) is 3. The summed E-state index contributed by atoms with van der Waals surface area (Å²) in [6.07, 6.45) is -3.84. The monoisotopic (exact) mass is 262 g/mol. The van der Waals surface area contributed by atoms with Gasteiger partial charge in [0, 0.05) is 0 Å². The summed E-state index contributed by atoms with van der Waals surface area (Å²) in [5.74, 6) is -2.15. The molecule has 0 aromatic carbocycles. The first-order valence-electron chi connectivity index (χ1n) is 5.13. The van der Waals surface area contributed by atoms with Crippen LogP contribution in [0.2, 0.25) is 0 Å². The van der Waals surface area contributed by atoms with Crippen molar-refractivity contribution in [1.29, 1.82) is 0 Å². The molecule has 0 atom stereocenters. The Bertz CT molecular complexity index is 600. The van der Waals surface area contributed by atoms with E-state index in [-0.39, 0.29) is 17.2 Å². The number of hydrogen-bond donors (Lipinski definition) is 1. The van der Waals surface area contributed by atoms with Crippen LogP contribution in [-0.2, 0) is 6.18 Å². The van der Waals surface area contributed by atoms with Crippen LogP contribution in [0.1, 0.15) is 31.0 Å². The quantitative estimate of drug-likeness (QED) is 0.803. The molecule has 0 saturated heterocycles. The Morgan fingerprint density at radius 3 is 2.44 bits per heavy atom. The molecule has 8 heteroatoms. The predicted octanol–water partition coefficient (Wildman–Crippen LogP) is 2.59. The van der Waals surface area contributed by atoms with Crippen LogP contribution in [0.5, 0.6) is 0 Å². The van der Waals surface area contributed by atoms with E-state index >= 15 is 0 Å². The molecular weight excluding hydrogens is 252 g/mol. The number of alkyl halides is 3. The van der Waals surface area contributed by atoms with Crippen molar-refractivity contribution in [3.8, 4) is 0 Å². The third kappa shape index (κ3) is 1.77. The Morgan fingerprint density at radius 2 is 1.94 bits per heavy atom. The van der Waals surface area contributed by atoms with Crippen LogP contribution in [0.4, 0.5) is 23.5 Å². The number of nitrogens with two attached hydrogens (primary N) is 1. The first-order valence-corrected chi connectivity index (χ1v) is 5.13. The largest absolute Gasteiger partial charge is 0.421 e. The Labute approximate surface area is 99.4 Å². The maximum atomic E-state index is 13.8. The van der Waals surface area contributed by atoms with Crippen molar-refractivity contribution >= 4 is 11.5 Å². The molecule has 2 aromatic rings. The highest BCUT2D eigenvalue weighted by Gasteiger charge is 2.41. The highest BCUT2D eigenvalue weighted by molar-refractivity contribution is 5.55. The van der Waals surface area contributed by atoms with Gasteiger partial charge in [-0.3, -0.25) is 0 Å². The normalized spacial score (nSPS) is 12.6. The second kappa shape index (κ2) is 3.82. The molecule has 0 unspecified atom stereocenters. The molecule has 18 heavy (non-hydrogen) atoms. The summed E-state index contributed by atoms with van der Waals surface area (Å²) in [6.45, 7) is 3.05. The van der Waals surface area contributed by atoms with Gasteiger partial charge < -0.3 is 5.73 Å². The third-order valence-electron chi connectivity index (χ3n) is 2.51. The van der Waals surface area contributed by atoms with E-state index in [0.29, 0.717) is 0 Å². The fraction of sp³-hybridized carbons (Fsp3) is 0.400. The minimum atomic E-state index is -4.79. The lowest BCUT2D eigenvalue weighted by atomic mass is 10.1. The van der Waals surface area contributed by atoms with E-state index in [9.17, 15) is 17.6 Å². The maximum absolute atomic E-state index is 13.8. The van der Waals surface area contributed by atoms with Gasteiger partial charge >= 0.3 is 6.18 Å². The Kier molecular flexibility index (Phi) is 2.67. The molecule has 2 heterocycles. The van der Waals surface area contributed by atoms with E-state index in [1.807, 2.05) is 0 Å². The zero-order valence-corrected chi connectivity index (χ0v) is 9.59. The van der Waals surface area contributed by atoms with Crippen LogP contribution < -0.4 is 5.73 Å². The van der Waals surface area contributed by atoms with Crippen molar-refractivity contribution in [3.05, 3.63) is 23.3 Å². The van der Waals surface area contributed by atoms with Gasteiger partial charge in [-0.2, -0.15) is 13.2 Å². The topological polar surface area (TPSA) is 56.2 Å². The van der Waals surface area contributed by atoms with Crippen LogP contribution in [0, 0.1) is 5.82 Å². The number of aromatic nitrogens is 3. The number of rotatable bonds is 1. The average molecular weight is 262 g/mol. The smallest absolute Gasteiger partial charge is 0.367 e. The summed E-state index contributed by atoms with van der Waals surface area (Å²) in [7, 11) is 0. The fourth-order valence-corrected chi connectivity index (χ4v) is 1.85. The summed E-state index contributed by atoms with van der Waals surface area (Å²) in [6, 6.07) is 0. The summed E-state index contributed by atoms with van der Waals surface area (Å²) in [5.41, 5.74) is 3.41. The number of nitrogens with zero attached hydrogens (tertiary/aromatic N) is 3. The molecule has 0 aliphatic heterocycles. The van der Waals surface area contributed by atoms with Gasteiger partial charge in [0.15, 0.2) is 5.82 Å². The van der Waals surface area contributed by atoms with Crippen molar-refractivity contribution in [2.75, 3.05) is 5.73 Å². The molecule has 2 rings (SSSR count). The molecule has 0 bridgehead atoms. The number of anilines is 1. The molecule has 0 saturated carbocycles. The van der Waals surface area contributed by atoms with Gasteiger partial charge in [0.2, 0.25) is 5.95 Å². The molecule has 0 spiro atoms. The summed E-state index contributed by atoms with van der Waals surface area (Å²) >= 11 is 0. The third-order valence-corrected chi connectivity index (χ3v) is 2.51. The second-order valence-corrected chi connectivity index (χ2v) is 4.14. The lowest BCUT2D eigenvalue weighted by Gasteiger charge is -2.11. The highest BCUT2D eigenvalue weighted by atomic mass is 19.4. The number of nitrogen functional groups attached to an aromatic ring is 1. The summed E-state index contributed by atoms with van der Waals surface area (Å²) in [4.78, 5) is 3.50. The van der Waals surface area contributed by atoms with Gasteiger partial charge in [-0.1, -0.05) is 13.8 Å². The van der Waals surface area contributed by atoms with E-state index in [1.165, 1.54) is 13.8 Å². The zero-order valence-electron chi connectivity index (χ0n) is 9.59. The fourth-order valence-electron chi connectivity index (χ4n) is 1.85. The van der Waals surface area contributed by atoms with Gasteiger partial charge in [-0.05, 0) is 5.92 Å². The van der Waals surface area contributed by atoms with Crippen molar-refractivity contribution in [2.24, 2.45) is 0 Å². The van der Waals surface area contributed by atoms with Crippen LogP contribution >= 0.6 is 0 Å². The van der Waals surface area contributed by atoms with Gasteiger partial charge in [0.1, 0.15) is 11.1 Å². The predicted molar refractivity (Wildman–Crippen MR) is 56.4 cm³/mol. The van der Waals surface area contributed by atoms with Gasteiger partial charge in [-0.25, -0.2) is 13.9 Å².